The number of likely N-dealkylation sites (N-methyl/N-ethyl adjacent to an activating group) is 2. The summed E-state index contributed by atoms with van der Waals surface area (Å²) in [6.45, 7) is 5.52. The fourth-order valence-electron chi connectivity index (χ4n) is 0.938. The van der Waals surface area contributed by atoms with E-state index in [0.29, 0.717) is 0 Å². The number of hydrogen-bond acceptors (Lipinski definition) is 3. The number of carbonyl (C=O) groups is 2. The van der Waals surface area contributed by atoms with Crippen molar-refractivity contribution in [3.8, 4) is 0 Å². The molecule has 0 aliphatic heterocycles. The minimum atomic E-state index is -0.919. The first-order valence-electron chi connectivity index (χ1n) is 4.96. The molecule has 0 aromatic carbocycles. The molecule has 1 atom stereocenters. The molecule has 0 bridgehead atoms. The van der Waals surface area contributed by atoms with Crippen LogP contribution in [0.2, 0.25) is 0 Å². The third kappa shape index (κ3) is 4.29. The zero-order chi connectivity index (χ0) is 12.2. The predicted octanol–water partition coefficient (Wildman–Crippen LogP) is 0.258. The number of hydrogen-bond donors (Lipinski definition) is 1. The number of amides is 1. The van der Waals surface area contributed by atoms with Crippen LogP contribution >= 0.6 is 0 Å². The van der Waals surface area contributed by atoms with Crippen molar-refractivity contribution in [3.63, 3.8) is 0 Å². The van der Waals surface area contributed by atoms with Crippen LogP contribution in [0.4, 0.5) is 0 Å². The molecule has 0 aliphatic rings. The number of nitrogens with zero attached hydrogens (tertiary/aromatic N) is 2. The second-order valence-corrected chi connectivity index (χ2v) is 4.03. The third-order valence-electron chi connectivity index (χ3n) is 2.57. The average molecular weight is 216 g/mol. The van der Waals surface area contributed by atoms with Gasteiger partial charge in [-0.15, -0.1) is 0 Å². The van der Waals surface area contributed by atoms with E-state index in [2.05, 4.69) is 0 Å². The summed E-state index contributed by atoms with van der Waals surface area (Å²) in [5.74, 6) is -0.988. The lowest BCUT2D eigenvalue weighted by molar-refractivity contribution is -0.143. The van der Waals surface area contributed by atoms with E-state index >= 15 is 0 Å². The van der Waals surface area contributed by atoms with Gasteiger partial charge in [0.15, 0.2) is 0 Å². The smallest absolute Gasteiger partial charge is 0.320 e. The van der Waals surface area contributed by atoms with Crippen LogP contribution in [0.15, 0.2) is 0 Å². The summed E-state index contributed by atoms with van der Waals surface area (Å²) in [6, 6.07) is -0.513. The van der Waals surface area contributed by atoms with E-state index in [1.165, 1.54) is 4.90 Å². The molecule has 0 saturated carbocycles. The normalized spacial score (nSPS) is 13.0. The molecule has 0 aromatic heterocycles. The maximum Gasteiger partial charge on any atom is 0.320 e. The summed E-state index contributed by atoms with van der Waals surface area (Å²) >= 11 is 0. The lowest BCUT2D eigenvalue weighted by Gasteiger charge is -2.26. The van der Waals surface area contributed by atoms with E-state index in [1.54, 1.807) is 25.9 Å². The van der Waals surface area contributed by atoms with Crippen LogP contribution in [-0.4, -0.2) is 59.5 Å². The Morgan fingerprint density at radius 1 is 1.20 bits per heavy atom. The Bertz CT molecular complexity index is 241. The van der Waals surface area contributed by atoms with E-state index < -0.39 is 12.0 Å². The molecule has 15 heavy (non-hydrogen) atoms. The van der Waals surface area contributed by atoms with Gasteiger partial charge in [-0.25, -0.2) is 0 Å². The van der Waals surface area contributed by atoms with Gasteiger partial charge < -0.3 is 10.0 Å². The highest BCUT2D eigenvalue weighted by atomic mass is 16.4. The van der Waals surface area contributed by atoms with Gasteiger partial charge in [-0.2, -0.15) is 0 Å². The Morgan fingerprint density at radius 2 is 1.67 bits per heavy atom. The monoisotopic (exact) mass is 216 g/mol. The number of carbonyl (C=O) groups excluding carboxylic acids is 1. The molecule has 0 heterocycles. The van der Waals surface area contributed by atoms with Crippen LogP contribution in [0.1, 0.15) is 20.8 Å². The third-order valence-corrected chi connectivity index (χ3v) is 2.57. The maximum absolute atomic E-state index is 11.6. The van der Waals surface area contributed by atoms with Crippen molar-refractivity contribution in [2.75, 3.05) is 20.6 Å². The fourth-order valence-corrected chi connectivity index (χ4v) is 0.938. The van der Waals surface area contributed by atoms with Gasteiger partial charge in [-0.1, -0.05) is 0 Å². The highest BCUT2D eigenvalue weighted by Crippen LogP contribution is 1.99. The second-order valence-electron chi connectivity index (χ2n) is 4.03. The number of aliphatic carboxylic acids is 1. The topological polar surface area (TPSA) is 60.9 Å². The lowest BCUT2D eigenvalue weighted by Crippen LogP contribution is -2.45. The van der Waals surface area contributed by atoms with Gasteiger partial charge in [0, 0.05) is 13.1 Å². The van der Waals surface area contributed by atoms with E-state index in [1.807, 2.05) is 13.8 Å². The summed E-state index contributed by atoms with van der Waals surface area (Å²) in [5, 5.41) is 8.75. The molecule has 1 unspecified atom stereocenters. The minimum absolute atomic E-state index is 0.0689. The fraction of sp³-hybridized carbons (Fsp3) is 0.800. The zero-order valence-electron chi connectivity index (χ0n) is 10.0. The van der Waals surface area contributed by atoms with Crippen LogP contribution in [0.5, 0.6) is 0 Å². The molecule has 0 rings (SSSR count). The predicted molar refractivity (Wildman–Crippen MR) is 57.6 cm³/mol. The first-order chi connectivity index (χ1) is 6.77. The van der Waals surface area contributed by atoms with Gasteiger partial charge in [0.25, 0.3) is 0 Å². The SMILES string of the molecule is CC(C(=O)O)N(C)CC(=O)N(C)C(C)C. The van der Waals surface area contributed by atoms with Gasteiger partial charge in [-0.05, 0) is 27.8 Å². The Hall–Kier alpha value is -1.10. The quantitative estimate of drug-likeness (QED) is 0.716. The van der Waals surface area contributed by atoms with Crippen molar-refractivity contribution in [3.05, 3.63) is 0 Å². The Morgan fingerprint density at radius 3 is 2.00 bits per heavy atom. The van der Waals surface area contributed by atoms with Gasteiger partial charge >= 0.3 is 5.97 Å². The molecule has 0 fully saturated rings. The first kappa shape index (κ1) is 13.9. The molecule has 5 heteroatoms. The van der Waals surface area contributed by atoms with Crippen molar-refractivity contribution >= 4 is 11.9 Å². The van der Waals surface area contributed by atoms with Crippen molar-refractivity contribution in [1.82, 2.24) is 9.80 Å². The number of carboxylic acid groups (broad SMARTS) is 1. The van der Waals surface area contributed by atoms with Crippen molar-refractivity contribution in [2.45, 2.75) is 32.9 Å². The Balaban J connectivity index is 4.24. The molecular weight excluding hydrogens is 196 g/mol. The lowest BCUT2D eigenvalue weighted by atomic mass is 10.3. The van der Waals surface area contributed by atoms with E-state index in [0.717, 1.165) is 0 Å². The molecule has 0 spiro atoms. The van der Waals surface area contributed by atoms with Crippen LogP contribution in [-0.2, 0) is 9.59 Å². The molecule has 0 aromatic rings. The van der Waals surface area contributed by atoms with Crippen molar-refractivity contribution < 1.29 is 14.7 Å². The largest absolute Gasteiger partial charge is 0.480 e. The molecule has 0 saturated heterocycles. The molecule has 0 radical (unpaired) electrons. The molecule has 0 aliphatic carbocycles. The van der Waals surface area contributed by atoms with E-state index in [9.17, 15) is 9.59 Å². The zero-order valence-corrected chi connectivity index (χ0v) is 10.0. The van der Waals surface area contributed by atoms with Crippen LogP contribution in [0.3, 0.4) is 0 Å². The average Bonchev–Trinajstić information content (AvgIpc) is 2.14. The summed E-state index contributed by atoms with van der Waals surface area (Å²) in [4.78, 5) is 25.4. The molecule has 1 N–H and O–H groups in total. The van der Waals surface area contributed by atoms with Crippen molar-refractivity contribution in [2.24, 2.45) is 0 Å². The van der Waals surface area contributed by atoms with E-state index in [-0.39, 0.29) is 18.5 Å². The standard InChI is InChI=1S/C10H20N2O3/c1-7(2)12(5)9(13)6-11(4)8(3)10(14)15/h7-8H,6H2,1-5H3,(H,14,15). The van der Waals surface area contributed by atoms with Gasteiger partial charge in [0.05, 0.1) is 6.54 Å². The number of carboxylic acids is 1. The van der Waals surface area contributed by atoms with Crippen molar-refractivity contribution in [1.29, 1.82) is 0 Å². The van der Waals surface area contributed by atoms with Crippen LogP contribution in [0, 0.1) is 0 Å². The minimum Gasteiger partial charge on any atom is -0.480 e. The van der Waals surface area contributed by atoms with Crippen LogP contribution in [0.25, 0.3) is 0 Å². The Labute approximate surface area is 90.7 Å². The highest BCUT2D eigenvalue weighted by Gasteiger charge is 2.21. The molecular formula is C10H20N2O3. The first-order valence-corrected chi connectivity index (χ1v) is 4.96. The summed E-state index contributed by atoms with van der Waals surface area (Å²) in [7, 11) is 3.34. The van der Waals surface area contributed by atoms with Gasteiger partial charge in [0.1, 0.15) is 6.04 Å². The molecule has 1 amide bonds. The molecule has 5 nitrogen and oxygen atoms in total. The summed E-state index contributed by atoms with van der Waals surface area (Å²) in [5.41, 5.74) is 0. The number of rotatable bonds is 5. The van der Waals surface area contributed by atoms with E-state index in [4.69, 9.17) is 5.11 Å². The maximum atomic E-state index is 11.6. The second kappa shape index (κ2) is 5.70. The Kier molecular flexibility index (Phi) is 5.28. The summed E-state index contributed by atoms with van der Waals surface area (Å²) < 4.78 is 0. The molecule has 88 valence electrons. The van der Waals surface area contributed by atoms with Crippen LogP contribution < -0.4 is 0 Å². The summed E-state index contributed by atoms with van der Waals surface area (Å²) in [6.07, 6.45) is 0. The highest BCUT2D eigenvalue weighted by molar-refractivity contribution is 5.79. The van der Waals surface area contributed by atoms with Gasteiger partial charge in [-0.3, -0.25) is 14.5 Å². The van der Waals surface area contributed by atoms with Gasteiger partial charge in [0.2, 0.25) is 5.91 Å².